The van der Waals surface area contributed by atoms with Crippen LogP contribution >= 0.6 is 24.1 Å². The first-order valence-corrected chi connectivity index (χ1v) is 27.5. The van der Waals surface area contributed by atoms with Crippen molar-refractivity contribution in [1.82, 2.24) is 0 Å². The van der Waals surface area contributed by atoms with Crippen molar-refractivity contribution in [3.63, 3.8) is 0 Å². The van der Waals surface area contributed by atoms with Gasteiger partial charge in [0.2, 0.25) is 5.69 Å². The molecule has 374 valence electrons. The number of rotatable bonds is 25. The van der Waals surface area contributed by atoms with Crippen LogP contribution in [-0.4, -0.2) is 82.4 Å². The number of allylic oxidation sites excluding steroid dienone is 8. The van der Waals surface area contributed by atoms with Gasteiger partial charge in [0.1, 0.15) is 6.54 Å². The van der Waals surface area contributed by atoms with Gasteiger partial charge in [-0.2, -0.15) is 21.4 Å². The number of anilines is 1. The molecule has 3 aromatic carbocycles. The molecule has 0 amide bonds. The van der Waals surface area contributed by atoms with Crippen LogP contribution in [0.2, 0.25) is 0 Å². The van der Waals surface area contributed by atoms with Crippen molar-refractivity contribution in [2.24, 2.45) is 0 Å². The number of hydrogen-bond donors (Lipinski definition) is 5. The van der Waals surface area contributed by atoms with E-state index < -0.39 is 37.0 Å². The Hall–Kier alpha value is -4.16. The predicted octanol–water partition coefficient (Wildman–Crippen LogP) is 10.9. The Morgan fingerprint density at radius 2 is 1.61 bits per heavy atom. The third kappa shape index (κ3) is 13.8. The van der Waals surface area contributed by atoms with Gasteiger partial charge in [-0.15, -0.1) is 8.67 Å². The number of carboxylic acids is 1. The van der Waals surface area contributed by atoms with Gasteiger partial charge >= 0.3 is 5.97 Å². The molecule has 0 spiro atoms. The Labute approximate surface area is 413 Å². The number of carbonyl (C=O) groups is 1. The fourth-order valence-corrected chi connectivity index (χ4v) is 11.5. The van der Waals surface area contributed by atoms with Gasteiger partial charge in [0.05, 0.1) is 28.1 Å². The Morgan fingerprint density at radius 3 is 2.33 bits per heavy atom. The number of unbranched alkanes of at least 4 members (excludes halogenated alkanes) is 3. The Balaban J connectivity index is 1.47. The summed E-state index contributed by atoms with van der Waals surface area (Å²) in [6.45, 7) is 9.37. The fourth-order valence-electron chi connectivity index (χ4n) is 9.57. The van der Waals surface area contributed by atoms with E-state index in [1.54, 1.807) is 12.1 Å². The largest absolute Gasteiger partial charge is 0.481 e. The van der Waals surface area contributed by atoms with Crippen molar-refractivity contribution in [1.29, 1.82) is 0 Å². The van der Waals surface area contributed by atoms with Crippen LogP contribution in [0.1, 0.15) is 114 Å². The molecule has 69 heavy (non-hydrogen) atoms. The zero-order valence-electron chi connectivity index (χ0n) is 39.1. The monoisotopic (exact) mass is 1030 g/mol. The molecule has 0 atom stereocenters. The number of fused-ring (bicyclic) bond motifs is 2. The van der Waals surface area contributed by atoms with Crippen LogP contribution in [0.25, 0.3) is 5.57 Å². The van der Waals surface area contributed by atoms with E-state index in [1.807, 2.05) is 38.1 Å². The van der Waals surface area contributed by atoms with Gasteiger partial charge in [0.15, 0.2) is 5.71 Å². The lowest BCUT2D eigenvalue weighted by Gasteiger charge is -2.28. The van der Waals surface area contributed by atoms with Crippen LogP contribution in [0.15, 0.2) is 112 Å². The van der Waals surface area contributed by atoms with Gasteiger partial charge < -0.3 is 10.0 Å². The van der Waals surface area contributed by atoms with E-state index in [2.05, 4.69) is 80.2 Å². The fraction of sp³-hybridized carbons (Fsp3) is 0.429. The average Bonchev–Trinajstić information content (AvgIpc) is 3.64. The standard InChI is InChI=1S/C49H60N2O14S4/c1-48(2)40-32-38(67-65-63-55)21-23-42(40)51(28-8-10-30-68(56,57)58)44(48)25-19-35-15-12-16-36(47(35)37-17-11-14-34(31-37)13-5-6-18-46(52)53)20-26-45-49(3,4)41-33-39(69(59,60)61)22-24-43(41)50(45)27-7-9-29-66-64-62-54/h11,14,17,19-26,31-33H,5-10,12-13,15-16,18,27-30H2,1-4H3,(H4-,52,53,54,55,56,57,58,59,60,61)/p+1. The molecule has 20 heteroatoms. The van der Waals surface area contributed by atoms with Crippen LogP contribution in [-0.2, 0) is 61.0 Å². The Kier molecular flexibility index (Phi) is 18.7. The topological polar surface area (TPSA) is 230 Å². The smallest absolute Gasteiger partial charge is 0.303 e. The van der Waals surface area contributed by atoms with Crippen molar-refractivity contribution in [2.45, 2.75) is 119 Å². The van der Waals surface area contributed by atoms with Crippen LogP contribution in [0.5, 0.6) is 0 Å². The summed E-state index contributed by atoms with van der Waals surface area (Å²) >= 11 is 1.85. The number of aryl methyl sites for hydroxylation is 1. The highest BCUT2D eigenvalue weighted by molar-refractivity contribution is 7.94. The van der Waals surface area contributed by atoms with Crippen molar-refractivity contribution in [3.05, 3.63) is 124 Å². The summed E-state index contributed by atoms with van der Waals surface area (Å²) in [4.78, 5) is 14.0. The quantitative estimate of drug-likeness (QED) is 0.0133. The van der Waals surface area contributed by atoms with E-state index in [0.717, 1.165) is 124 Å². The average molecular weight is 1030 g/mol. The normalized spacial score (nSPS) is 18.0. The number of nitrogens with zero attached hydrogens (tertiary/aromatic N) is 2. The zero-order chi connectivity index (χ0) is 50.0. The minimum atomic E-state index is -4.48. The lowest BCUT2D eigenvalue weighted by molar-refractivity contribution is -0.438. The maximum Gasteiger partial charge on any atom is 0.303 e. The van der Waals surface area contributed by atoms with Crippen LogP contribution < -0.4 is 4.90 Å². The summed E-state index contributed by atoms with van der Waals surface area (Å²) in [6, 6.07) is 18.8. The van der Waals surface area contributed by atoms with E-state index in [1.165, 1.54) is 6.07 Å². The molecule has 0 radical (unpaired) electrons. The van der Waals surface area contributed by atoms with E-state index in [4.69, 9.17) is 14.8 Å². The zero-order valence-corrected chi connectivity index (χ0v) is 42.4. The van der Waals surface area contributed by atoms with E-state index in [-0.39, 0.29) is 23.5 Å². The summed E-state index contributed by atoms with van der Waals surface area (Å²) in [5, 5.41) is 34.3. The summed E-state index contributed by atoms with van der Waals surface area (Å²) in [5.74, 6) is -0.613. The first kappa shape index (κ1) is 54.2. The number of benzene rings is 3. The summed E-state index contributed by atoms with van der Waals surface area (Å²) in [7, 11) is -8.61. The van der Waals surface area contributed by atoms with Crippen LogP contribution in [0.3, 0.4) is 0 Å². The maximum absolute atomic E-state index is 12.3. The molecule has 0 saturated heterocycles. The van der Waals surface area contributed by atoms with Gasteiger partial charge in [-0.05, 0) is 141 Å². The molecule has 3 aliphatic rings. The highest BCUT2D eigenvalue weighted by Crippen LogP contribution is 2.49. The lowest BCUT2D eigenvalue weighted by Crippen LogP contribution is -2.28. The van der Waals surface area contributed by atoms with Gasteiger partial charge in [0.25, 0.3) is 20.2 Å². The molecule has 3 aromatic rings. The summed E-state index contributed by atoms with van der Waals surface area (Å²) < 4.78 is 78.9. The molecule has 5 N–H and O–H groups in total. The second-order valence-electron chi connectivity index (χ2n) is 18.3. The minimum Gasteiger partial charge on any atom is -0.481 e. The molecule has 0 unspecified atom stereocenters. The lowest BCUT2D eigenvalue weighted by atomic mass is 9.79. The molecule has 2 heterocycles. The van der Waals surface area contributed by atoms with Gasteiger partial charge in [0, 0.05) is 76.6 Å². The molecule has 0 bridgehead atoms. The third-order valence-corrected chi connectivity index (χ3v) is 15.7. The van der Waals surface area contributed by atoms with E-state index in [9.17, 15) is 35.8 Å². The molecule has 0 aromatic heterocycles. The number of hydrogen-bond acceptors (Lipinski definition) is 14. The minimum absolute atomic E-state index is 0.101. The second kappa shape index (κ2) is 23.8. The van der Waals surface area contributed by atoms with Crippen molar-refractivity contribution in [3.8, 4) is 0 Å². The first-order chi connectivity index (χ1) is 32.8. The highest BCUT2D eigenvalue weighted by atomic mass is 32.2. The molecule has 2 aliphatic heterocycles. The molecule has 0 fully saturated rings. The Morgan fingerprint density at radius 1 is 0.826 bits per heavy atom. The molecule has 16 nitrogen and oxygen atoms in total. The predicted molar refractivity (Wildman–Crippen MR) is 266 cm³/mol. The van der Waals surface area contributed by atoms with Crippen LogP contribution in [0.4, 0.5) is 11.4 Å². The highest BCUT2D eigenvalue weighted by Gasteiger charge is 2.45. The molecule has 1 aliphatic carbocycles. The summed E-state index contributed by atoms with van der Waals surface area (Å²) in [6.07, 6.45) is 15.2. The van der Waals surface area contributed by atoms with E-state index in [0.29, 0.717) is 43.0 Å². The summed E-state index contributed by atoms with van der Waals surface area (Å²) in [5.41, 5.74) is 9.55. The molecule has 6 rings (SSSR count). The number of carboxylic acid groups (broad SMARTS) is 1. The van der Waals surface area contributed by atoms with Gasteiger partial charge in [-0.1, -0.05) is 60.3 Å². The van der Waals surface area contributed by atoms with Gasteiger partial charge in [-0.3, -0.25) is 13.9 Å². The van der Waals surface area contributed by atoms with Gasteiger partial charge in [-0.25, -0.2) is 10.5 Å². The van der Waals surface area contributed by atoms with Crippen molar-refractivity contribution in [2.75, 3.05) is 29.5 Å². The third-order valence-electron chi connectivity index (χ3n) is 12.9. The maximum atomic E-state index is 12.3. The molecular weight excluding hydrogens is 969 g/mol. The SMILES string of the molecule is CC1(C)C(/C=C/C2=C(c3cccc(CCCCC(=O)O)c3)C(=C/C=C3/N(CCCCSOOO)c4ccc(S(=O)(=O)O)cc4C3(C)C)/CCC2)=[N+](CCCCS(=O)(=O)O)c2ccc(SOOO)cc21. The van der Waals surface area contributed by atoms with Crippen molar-refractivity contribution >= 4 is 73.0 Å². The second-order valence-corrected chi connectivity index (χ2v) is 22.8. The number of aliphatic carboxylic acids is 1. The molecule has 0 saturated carbocycles. The van der Waals surface area contributed by atoms with E-state index >= 15 is 0 Å². The van der Waals surface area contributed by atoms with Crippen molar-refractivity contribution < 1.29 is 69.7 Å². The Bertz CT molecular complexity index is 2740. The van der Waals surface area contributed by atoms with Crippen LogP contribution in [0, 0.1) is 0 Å². The molecular formula is C49H61N2O14S4+. The first-order valence-electron chi connectivity index (χ1n) is 22.8.